The van der Waals surface area contributed by atoms with E-state index >= 15 is 0 Å². The summed E-state index contributed by atoms with van der Waals surface area (Å²) >= 11 is 13.6. The Balaban J connectivity index is 0.000000980. The third-order valence-electron chi connectivity index (χ3n) is 8.51. The molecule has 2 heterocycles. The Morgan fingerprint density at radius 3 is 2.04 bits per heavy atom. The van der Waals surface area contributed by atoms with E-state index in [4.69, 9.17) is 42.1 Å². The van der Waals surface area contributed by atoms with E-state index in [2.05, 4.69) is 31.0 Å². The van der Waals surface area contributed by atoms with Gasteiger partial charge in [0.2, 0.25) is 5.91 Å². The summed E-state index contributed by atoms with van der Waals surface area (Å²) in [6, 6.07) is 8.21. The highest BCUT2D eigenvalue weighted by Gasteiger charge is 2.74. The Kier molecular flexibility index (Phi) is 14.8. The molecule has 2 amide bonds. The number of carbonyl (C=O) groups is 5. The molecular formula is C34H43Cl2N3O12S2. The number of β-lactam (4-membered cyclic amide) rings is 1. The number of hydrogen-bond donors (Lipinski definition) is 2. The minimum Gasteiger partial charge on any atom is -0.457 e. The first-order valence-electron chi connectivity index (χ1n) is 16.4. The summed E-state index contributed by atoms with van der Waals surface area (Å²) in [6.45, 7) is 15.3. The monoisotopic (exact) mass is 819 g/mol. The molecule has 0 spiro atoms. The standard InChI is InChI=1S/C28H28Cl2N2O12S2.C6H15N/c1-13(33)43-17-11-16(18(29)19(30)21(17)44-14(2)34)22(46(38,39)40)23(35)31-20-24(36)32-25(20)45-27(3,4)28(32,41-5)26(37)42-12-15-9-7-6-8-10-15;1-4-7(5-2)6-3/h6-11,20,22,25H,12H2,1-5H3,(H,31,35)(H,38,39,40);4-6H2,1-3H3/t20-,22+,25+,28+;/m0./s1. The summed E-state index contributed by atoms with van der Waals surface area (Å²) in [5.41, 5.74) is -1.88. The van der Waals surface area contributed by atoms with Crippen molar-refractivity contribution in [3.8, 4) is 11.5 Å². The van der Waals surface area contributed by atoms with Gasteiger partial charge in [0.25, 0.3) is 21.8 Å². The molecule has 2 fully saturated rings. The van der Waals surface area contributed by atoms with Crippen LogP contribution in [0.2, 0.25) is 10.0 Å². The molecule has 4 atom stereocenters. The lowest BCUT2D eigenvalue weighted by Gasteiger charge is -2.49. The zero-order chi connectivity index (χ0) is 40.1. The summed E-state index contributed by atoms with van der Waals surface area (Å²) in [4.78, 5) is 67.3. The predicted octanol–water partition coefficient (Wildman–Crippen LogP) is 4.39. The van der Waals surface area contributed by atoms with Crippen LogP contribution in [0.15, 0.2) is 36.4 Å². The lowest BCUT2D eigenvalue weighted by Crippen LogP contribution is -2.76. The van der Waals surface area contributed by atoms with Crippen LogP contribution in [0.5, 0.6) is 11.5 Å². The van der Waals surface area contributed by atoms with Crippen molar-refractivity contribution >= 4 is 74.8 Å². The molecule has 53 heavy (non-hydrogen) atoms. The van der Waals surface area contributed by atoms with Gasteiger partial charge in [0, 0.05) is 26.5 Å². The number of carbonyl (C=O) groups excluding carboxylic acids is 5. The van der Waals surface area contributed by atoms with Crippen LogP contribution in [0, 0.1) is 0 Å². The molecule has 2 aliphatic heterocycles. The van der Waals surface area contributed by atoms with E-state index in [-0.39, 0.29) is 6.61 Å². The fourth-order valence-electron chi connectivity index (χ4n) is 5.92. The molecule has 0 radical (unpaired) electrons. The number of fused-ring (bicyclic) bond motifs is 1. The quantitative estimate of drug-likeness (QED) is 0.125. The number of methoxy groups -OCH3 is 1. The molecule has 2 saturated heterocycles. The Bertz CT molecular complexity index is 1820. The minimum atomic E-state index is -5.34. The van der Waals surface area contributed by atoms with Gasteiger partial charge in [0.1, 0.15) is 23.0 Å². The molecule has 2 aliphatic rings. The van der Waals surface area contributed by atoms with Crippen LogP contribution in [0.1, 0.15) is 64.8 Å². The maximum atomic E-state index is 13.5. The predicted molar refractivity (Wildman–Crippen MR) is 197 cm³/mol. The molecule has 15 nitrogen and oxygen atoms in total. The number of nitrogens with zero attached hydrogens (tertiary/aromatic N) is 2. The molecule has 0 aromatic heterocycles. The van der Waals surface area contributed by atoms with E-state index < -0.39 is 94.1 Å². The SMILES string of the molecule is CCN(CC)CC.CO[C@@]1(C(=O)OCc2ccccc2)N2C(=O)[C@H](NC(=O)[C@@H](c3cc(OC(C)=O)c(OC(C)=O)c(Cl)c3Cl)S(=O)(=O)O)[C@H]2SC1(C)C. The molecule has 0 bridgehead atoms. The van der Waals surface area contributed by atoms with Crippen molar-refractivity contribution in [3.05, 3.63) is 57.6 Å². The minimum absolute atomic E-state index is 0.108. The van der Waals surface area contributed by atoms with Crippen LogP contribution >= 0.6 is 35.0 Å². The van der Waals surface area contributed by atoms with Crippen molar-refractivity contribution in [3.63, 3.8) is 0 Å². The van der Waals surface area contributed by atoms with Crippen LogP contribution < -0.4 is 14.8 Å². The van der Waals surface area contributed by atoms with Crippen LogP contribution in [-0.4, -0.2) is 101 Å². The van der Waals surface area contributed by atoms with Crippen molar-refractivity contribution in [1.82, 2.24) is 15.1 Å². The Labute approximate surface area is 322 Å². The van der Waals surface area contributed by atoms with E-state index in [1.165, 1.54) is 26.7 Å². The highest BCUT2D eigenvalue weighted by molar-refractivity contribution is 8.01. The van der Waals surface area contributed by atoms with Gasteiger partial charge in [-0.1, -0.05) is 74.3 Å². The van der Waals surface area contributed by atoms with Gasteiger partial charge in [0.15, 0.2) is 16.7 Å². The number of amides is 2. The summed E-state index contributed by atoms with van der Waals surface area (Å²) in [5.74, 6) is -6.03. The lowest BCUT2D eigenvalue weighted by atomic mass is 9.91. The molecule has 292 valence electrons. The maximum Gasteiger partial charge on any atom is 0.361 e. The average Bonchev–Trinajstić information content (AvgIpc) is 3.31. The van der Waals surface area contributed by atoms with Gasteiger partial charge >= 0.3 is 17.9 Å². The number of benzene rings is 2. The third kappa shape index (κ3) is 9.27. The second-order valence-electron chi connectivity index (χ2n) is 12.2. The third-order valence-corrected chi connectivity index (χ3v) is 12.0. The largest absolute Gasteiger partial charge is 0.457 e. The maximum absolute atomic E-state index is 13.5. The van der Waals surface area contributed by atoms with Gasteiger partial charge in [-0.2, -0.15) is 8.42 Å². The summed E-state index contributed by atoms with van der Waals surface area (Å²) in [7, 11) is -4.11. The second kappa shape index (κ2) is 17.8. The first-order valence-corrected chi connectivity index (χ1v) is 19.5. The molecule has 0 aliphatic carbocycles. The molecule has 4 rings (SSSR count). The number of esters is 3. The Hall–Kier alpha value is -3.45. The Morgan fingerprint density at radius 1 is 1.00 bits per heavy atom. The van der Waals surface area contributed by atoms with Crippen LogP contribution in [0.25, 0.3) is 0 Å². The normalized spacial score (nSPS) is 20.7. The van der Waals surface area contributed by atoms with E-state index in [1.54, 1.807) is 44.2 Å². The highest BCUT2D eigenvalue weighted by Crippen LogP contribution is 2.57. The number of nitrogens with one attached hydrogen (secondary N) is 1. The zero-order valence-electron chi connectivity index (χ0n) is 30.4. The number of rotatable bonds is 13. The molecule has 2 N–H and O–H groups in total. The molecular weight excluding hydrogens is 777 g/mol. The fourth-order valence-corrected chi connectivity index (χ4v) is 9.03. The molecule has 0 unspecified atom stereocenters. The van der Waals surface area contributed by atoms with Crippen molar-refractivity contribution < 1.29 is 55.9 Å². The number of ether oxygens (including phenoxy) is 4. The van der Waals surface area contributed by atoms with E-state index in [0.717, 1.165) is 36.6 Å². The average molecular weight is 821 g/mol. The van der Waals surface area contributed by atoms with Crippen LogP contribution in [0.3, 0.4) is 0 Å². The number of halogens is 2. The van der Waals surface area contributed by atoms with E-state index in [9.17, 15) is 36.9 Å². The van der Waals surface area contributed by atoms with Crippen LogP contribution in [-0.2, 0) is 50.2 Å². The van der Waals surface area contributed by atoms with Crippen molar-refractivity contribution in [2.75, 3.05) is 26.7 Å². The van der Waals surface area contributed by atoms with Crippen LogP contribution in [0.4, 0.5) is 0 Å². The summed E-state index contributed by atoms with van der Waals surface area (Å²) in [6.07, 6.45) is 0. The van der Waals surface area contributed by atoms with Gasteiger partial charge in [-0.05, 0) is 45.1 Å². The van der Waals surface area contributed by atoms with Crippen molar-refractivity contribution in [1.29, 1.82) is 0 Å². The van der Waals surface area contributed by atoms with Crippen molar-refractivity contribution in [2.45, 2.75) is 82.2 Å². The first kappa shape index (κ1) is 44.0. The summed E-state index contributed by atoms with van der Waals surface area (Å²) < 4.78 is 55.3. The number of hydrogen-bond acceptors (Lipinski definition) is 13. The first-order chi connectivity index (χ1) is 24.7. The lowest BCUT2D eigenvalue weighted by molar-refractivity contribution is -0.216. The molecule has 19 heteroatoms. The van der Waals surface area contributed by atoms with Gasteiger partial charge in [-0.15, -0.1) is 11.8 Å². The van der Waals surface area contributed by atoms with E-state index in [1.807, 2.05) is 0 Å². The Morgan fingerprint density at radius 2 is 1.57 bits per heavy atom. The summed E-state index contributed by atoms with van der Waals surface area (Å²) in [5, 5.41) is -2.37. The fraction of sp³-hybridized carbons (Fsp3) is 0.500. The smallest absolute Gasteiger partial charge is 0.361 e. The van der Waals surface area contributed by atoms with Gasteiger partial charge in [-0.3, -0.25) is 28.6 Å². The molecule has 2 aromatic rings. The zero-order valence-corrected chi connectivity index (χ0v) is 33.6. The van der Waals surface area contributed by atoms with E-state index in [0.29, 0.717) is 5.56 Å². The highest BCUT2D eigenvalue weighted by atomic mass is 35.5. The van der Waals surface area contributed by atoms with Crippen molar-refractivity contribution in [2.24, 2.45) is 0 Å². The van der Waals surface area contributed by atoms with Gasteiger partial charge in [-0.25, -0.2) is 4.79 Å². The topological polar surface area (TPSA) is 195 Å². The molecule has 0 saturated carbocycles. The second-order valence-corrected chi connectivity index (χ2v) is 16.2. The van der Waals surface area contributed by atoms with Gasteiger partial charge < -0.3 is 29.2 Å². The molecule has 2 aromatic carbocycles. The van der Waals surface area contributed by atoms with Gasteiger partial charge in [0.05, 0.1) is 9.77 Å². The number of thioether (sulfide) groups is 1.